The number of halogens is 3. The lowest BCUT2D eigenvalue weighted by atomic mass is 10.0. The Labute approximate surface area is 848 Å². The molecule has 143 heavy (non-hydrogen) atoms. The molecule has 5 aliphatic rings. The van der Waals surface area contributed by atoms with E-state index in [1.165, 1.54) is 87.8 Å². The van der Waals surface area contributed by atoms with Gasteiger partial charge in [0, 0.05) is 128 Å². The summed E-state index contributed by atoms with van der Waals surface area (Å²) in [5.74, 6) is 2.30. The van der Waals surface area contributed by atoms with E-state index >= 15 is 0 Å². The van der Waals surface area contributed by atoms with Crippen LogP contribution in [0.25, 0.3) is 97.5 Å². The molecular formula is C119H126Cl2FN13O8. The number of nitrogens with zero attached hydrogens (tertiary/aromatic N) is 13. The van der Waals surface area contributed by atoms with E-state index in [1.54, 1.807) is 51.7 Å². The van der Waals surface area contributed by atoms with E-state index in [2.05, 4.69) is 114 Å². The van der Waals surface area contributed by atoms with Gasteiger partial charge in [-0.05, 0) is 316 Å². The second kappa shape index (κ2) is 47.1. The zero-order chi connectivity index (χ0) is 101. The number of hydrogen-bond acceptors (Lipinski definition) is 13. The first kappa shape index (κ1) is 102. The maximum Gasteiger partial charge on any atom is 0.187 e. The predicted molar refractivity (Wildman–Crippen MR) is 576 cm³/mol. The molecule has 0 aliphatic carbocycles. The van der Waals surface area contributed by atoms with Crippen molar-refractivity contribution < 1.29 is 42.6 Å². The van der Waals surface area contributed by atoms with Crippen molar-refractivity contribution >= 4 is 124 Å². The number of hydrogen-bond donors (Lipinski definition) is 0. The molecule has 0 unspecified atom stereocenters. The van der Waals surface area contributed by atoms with Crippen LogP contribution in [-0.2, 0) is 6.42 Å². The Morgan fingerprint density at radius 2 is 0.608 bits per heavy atom. The Morgan fingerprint density at radius 3 is 0.951 bits per heavy atom. The van der Waals surface area contributed by atoms with E-state index in [4.69, 9.17) is 57.1 Å². The number of carbonyl (C=O) groups is 5. The maximum absolute atomic E-state index is 14.8. The quantitative estimate of drug-likeness (QED) is 0.0414. The van der Waals surface area contributed by atoms with Crippen LogP contribution in [0.4, 0.5) is 21.5 Å². The Bertz CT molecular complexity index is 7080. The minimum atomic E-state index is -0.376. The van der Waals surface area contributed by atoms with Gasteiger partial charge in [-0.2, -0.15) is 0 Å². The predicted octanol–water partition coefficient (Wildman–Crippen LogP) is 27.0. The number of Topliss-reactive ketones (excluding diaryl/α,β-unsaturated/α-hetero) is 5. The number of ether oxygens (including phenoxy) is 3. The standard InChI is InChI=1S/C25H27N3O3.C24H27ClN2O.C24H25N3O.C23H25ClN2O2.C23H22FN3O/c1-17-25(22(29)16-27-12-6-5-7-13-27)20-14-23(30-3)24(31-4)15-21(20)28(17)19-10-8-18(26-2)9-11-19;1-3-18-7-12-21-22(15-18)27(20-10-8-19(25)9-11-20)17(2)24(21)23(28)16-26-13-5-4-6-14-26;1-17-7-12-21-22(15-17)27(20-10-8-19(25-3)9-11-20)18(2)24(21)23(28)16-26-13-5-4-6-14-26;1-16-23(22(27)15-25-12-4-3-5-13-25)20-11-10-19(28-2)14-21(20)26(16)18-8-6-17(24)7-9-18;1-16-22(21(28)15-26-13-4-3-5-14-26)23-19(24)7-6-8-20(23)27(16)18-11-9-17(25-2)10-12-18/h8-11,14-15H,5-7,12-13,16H2,1,3-4H3;7-12,15H,3-6,13-14,16H2,1-2H3;7-12,15H,4-6,13-14,16H2,1-2H3;6-11,14H,3-5,12-13,15H2,1-2H3;6-12H,3-5,13-15H2,1H3. The minimum Gasteiger partial charge on any atom is -0.497 e. The highest BCUT2D eigenvalue weighted by Gasteiger charge is 2.32. The fourth-order valence-electron chi connectivity index (χ4n) is 21.5. The summed E-state index contributed by atoms with van der Waals surface area (Å²) in [4.78, 5) is 88.2. The molecule has 24 heteroatoms. The molecule has 0 amide bonds. The first-order valence-corrected chi connectivity index (χ1v) is 50.9. The maximum atomic E-state index is 14.8. The number of fused-ring (bicyclic) bond motifs is 5. The van der Waals surface area contributed by atoms with Gasteiger partial charge in [0.05, 0.1) is 107 Å². The van der Waals surface area contributed by atoms with Gasteiger partial charge in [-0.1, -0.05) is 129 Å². The molecule has 0 spiro atoms. The van der Waals surface area contributed by atoms with Gasteiger partial charge >= 0.3 is 0 Å². The van der Waals surface area contributed by atoms with Crippen LogP contribution in [0, 0.1) is 67.1 Å². The molecule has 736 valence electrons. The van der Waals surface area contributed by atoms with E-state index in [1.807, 2.05) is 166 Å². The molecular weight excluding hydrogens is 1830 g/mol. The monoisotopic (exact) mass is 1950 g/mol. The molecule has 15 aromatic rings. The number of carbonyl (C=O) groups excluding carboxylic acids is 5. The van der Waals surface area contributed by atoms with Crippen LogP contribution in [-0.4, -0.2) is 196 Å². The van der Waals surface area contributed by atoms with Crippen molar-refractivity contribution in [2.45, 2.75) is 151 Å². The molecule has 10 heterocycles. The molecule has 0 N–H and O–H groups in total. The Balaban J connectivity index is 0.000000128. The first-order valence-electron chi connectivity index (χ1n) is 50.2. The molecule has 10 aromatic carbocycles. The van der Waals surface area contributed by atoms with Crippen LogP contribution in [0.5, 0.6) is 17.2 Å². The number of methoxy groups -OCH3 is 3. The zero-order valence-electron chi connectivity index (χ0n) is 83.8. The number of rotatable bonds is 24. The van der Waals surface area contributed by atoms with Gasteiger partial charge in [0.25, 0.3) is 0 Å². The summed E-state index contributed by atoms with van der Waals surface area (Å²) in [6.07, 6.45) is 18.8. The van der Waals surface area contributed by atoms with Gasteiger partial charge in [0.2, 0.25) is 0 Å². The molecule has 0 saturated carbocycles. The van der Waals surface area contributed by atoms with Crippen molar-refractivity contribution in [3.05, 3.63) is 324 Å². The van der Waals surface area contributed by atoms with Crippen molar-refractivity contribution in [1.29, 1.82) is 0 Å². The topological polar surface area (TPSA) is 167 Å². The van der Waals surface area contributed by atoms with Crippen molar-refractivity contribution in [2.24, 2.45) is 0 Å². The largest absolute Gasteiger partial charge is 0.497 e. The van der Waals surface area contributed by atoms with E-state index < -0.39 is 0 Å². The van der Waals surface area contributed by atoms with Crippen LogP contribution < -0.4 is 14.2 Å². The van der Waals surface area contributed by atoms with Gasteiger partial charge in [-0.3, -0.25) is 48.5 Å². The van der Waals surface area contributed by atoms with Crippen LogP contribution in [0.1, 0.15) is 195 Å². The Kier molecular flexibility index (Phi) is 33.7. The lowest BCUT2D eigenvalue weighted by Crippen LogP contribution is -2.34. The normalized spacial score (nSPS) is 14.9. The van der Waals surface area contributed by atoms with Crippen LogP contribution in [0.15, 0.2) is 206 Å². The third-order valence-corrected chi connectivity index (χ3v) is 29.2. The van der Waals surface area contributed by atoms with Crippen LogP contribution in [0.3, 0.4) is 0 Å². The van der Waals surface area contributed by atoms with E-state index in [0.29, 0.717) is 87.8 Å². The molecule has 0 atom stereocenters. The third kappa shape index (κ3) is 22.9. The molecule has 21 nitrogen and oxygen atoms in total. The molecule has 5 aliphatic heterocycles. The summed E-state index contributed by atoms with van der Waals surface area (Å²) < 4.78 is 41.7. The average molecular weight is 1960 g/mol. The first-order chi connectivity index (χ1) is 69.4. The third-order valence-electron chi connectivity index (χ3n) is 28.7. The highest BCUT2D eigenvalue weighted by molar-refractivity contribution is 6.31. The summed E-state index contributed by atoms with van der Waals surface area (Å²) in [6.45, 7) is 47.8. The van der Waals surface area contributed by atoms with Crippen LogP contribution in [0.2, 0.25) is 10.0 Å². The highest BCUT2D eigenvalue weighted by Crippen LogP contribution is 2.42. The minimum absolute atomic E-state index is 0.0361. The van der Waals surface area contributed by atoms with Gasteiger partial charge in [0.15, 0.2) is 57.5 Å². The van der Waals surface area contributed by atoms with Gasteiger partial charge in [0.1, 0.15) is 11.6 Å². The Morgan fingerprint density at radius 1 is 0.315 bits per heavy atom. The molecule has 0 radical (unpaired) electrons. The number of aryl methyl sites for hydroxylation is 2. The summed E-state index contributed by atoms with van der Waals surface area (Å²) in [6, 6.07) is 65.1. The SMILES string of the molecule is CCc1ccc2c(C(=O)CN3CCCCC3)c(C)n(-c3ccc(Cl)cc3)c2c1.COc1ccc2c(C(=O)CN3CCCCC3)c(C)n(-c3ccc(Cl)cc3)c2c1.[C-]#[N+]c1ccc(-n2c(C)c(C(=O)CN3CCCCC3)c3c(F)cccc32)cc1.[C-]#[N+]c1ccc(-n2c(C)c(C(=O)CN3CCCCC3)c3cc(OC)c(OC)cc32)cc1.[C-]#[N+]c1ccc(-n2c(C)c(C(=O)CN3CCCCC3)c3ccc(C)cc32)cc1. The fraction of sp³-hybridized carbons (Fsp3) is 0.345. The fourth-order valence-corrected chi connectivity index (χ4v) is 21.8. The molecule has 5 saturated heterocycles. The Hall–Kier alpha value is -13.6. The highest BCUT2D eigenvalue weighted by atomic mass is 35.5. The summed E-state index contributed by atoms with van der Waals surface area (Å²) in [5.41, 5.74) is 21.8. The smallest absolute Gasteiger partial charge is 0.187 e. The zero-order valence-corrected chi connectivity index (χ0v) is 85.3. The molecule has 5 fully saturated rings. The lowest BCUT2D eigenvalue weighted by Gasteiger charge is -2.25. The van der Waals surface area contributed by atoms with Crippen molar-refractivity contribution in [3.8, 4) is 45.7 Å². The molecule has 5 aromatic heterocycles. The number of benzene rings is 10. The van der Waals surface area contributed by atoms with Gasteiger partial charge in [-0.25, -0.2) is 18.9 Å². The molecule has 20 rings (SSSR count). The molecule has 0 bridgehead atoms. The lowest BCUT2D eigenvalue weighted by molar-refractivity contribution is 0.0908. The second-order valence-electron chi connectivity index (χ2n) is 38.1. The van der Waals surface area contributed by atoms with Crippen LogP contribution >= 0.6 is 23.2 Å². The summed E-state index contributed by atoms with van der Waals surface area (Å²) >= 11 is 12.2. The van der Waals surface area contributed by atoms with E-state index in [9.17, 15) is 28.4 Å². The van der Waals surface area contributed by atoms with Crippen molar-refractivity contribution in [1.82, 2.24) is 47.3 Å². The second-order valence-corrected chi connectivity index (χ2v) is 39.0. The van der Waals surface area contributed by atoms with E-state index in [0.717, 1.165) is 226 Å². The van der Waals surface area contributed by atoms with Gasteiger partial charge in [-0.15, -0.1) is 0 Å². The number of likely N-dealkylation sites (tertiary alicyclic amines) is 5. The van der Waals surface area contributed by atoms with Crippen molar-refractivity contribution in [3.63, 3.8) is 0 Å². The summed E-state index contributed by atoms with van der Waals surface area (Å²) in [5, 5.41) is 5.68. The van der Waals surface area contributed by atoms with E-state index in [-0.39, 0.29) is 34.7 Å². The number of ketones is 5. The summed E-state index contributed by atoms with van der Waals surface area (Å²) in [7, 11) is 4.87. The number of piperidine rings is 5. The average Bonchev–Trinajstić information content (AvgIpc) is 1.61. The van der Waals surface area contributed by atoms with Crippen molar-refractivity contribution in [2.75, 3.05) is 120 Å². The number of aromatic nitrogens is 5. The van der Waals surface area contributed by atoms with Gasteiger partial charge < -0.3 is 37.0 Å².